The minimum absolute atomic E-state index is 0.0356. The SMILES string of the molecule is COC(=O)CCC(=O)N(C)CCC1CCCC1. The largest absolute Gasteiger partial charge is 0.469 e. The Labute approximate surface area is 103 Å². The molecule has 1 aliphatic rings. The van der Waals surface area contributed by atoms with Crippen molar-refractivity contribution in [2.45, 2.75) is 44.9 Å². The Bertz CT molecular complexity index is 259. The zero-order valence-electron chi connectivity index (χ0n) is 10.9. The summed E-state index contributed by atoms with van der Waals surface area (Å²) in [6.07, 6.45) is 6.83. The topological polar surface area (TPSA) is 46.6 Å². The average molecular weight is 241 g/mol. The van der Waals surface area contributed by atoms with Crippen molar-refractivity contribution in [1.29, 1.82) is 0 Å². The van der Waals surface area contributed by atoms with Gasteiger partial charge in [-0.2, -0.15) is 0 Å². The Balaban J connectivity index is 2.14. The summed E-state index contributed by atoms with van der Waals surface area (Å²) in [5.74, 6) is 0.516. The molecule has 0 bridgehead atoms. The lowest BCUT2D eigenvalue weighted by Crippen LogP contribution is -2.29. The lowest BCUT2D eigenvalue weighted by molar-refractivity contribution is -0.143. The number of amides is 1. The van der Waals surface area contributed by atoms with Crippen molar-refractivity contribution in [3.8, 4) is 0 Å². The summed E-state index contributed by atoms with van der Waals surface area (Å²) >= 11 is 0. The molecule has 0 aromatic carbocycles. The molecule has 0 aromatic heterocycles. The van der Waals surface area contributed by atoms with Crippen molar-refractivity contribution >= 4 is 11.9 Å². The van der Waals surface area contributed by atoms with Crippen LogP contribution in [0.5, 0.6) is 0 Å². The fourth-order valence-electron chi connectivity index (χ4n) is 2.30. The van der Waals surface area contributed by atoms with Crippen molar-refractivity contribution in [2.24, 2.45) is 5.92 Å². The van der Waals surface area contributed by atoms with Gasteiger partial charge < -0.3 is 9.64 Å². The standard InChI is InChI=1S/C13H23NO3/c1-14(10-9-11-5-3-4-6-11)12(15)7-8-13(16)17-2/h11H,3-10H2,1-2H3. The number of hydrogen-bond acceptors (Lipinski definition) is 3. The molecule has 1 aliphatic carbocycles. The van der Waals surface area contributed by atoms with Gasteiger partial charge in [-0.15, -0.1) is 0 Å². The van der Waals surface area contributed by atoms with Gasteiger partial charge in [-0.25, -0.2) is 0 Å². The van der Waals surface area contributed by atoms with Crippen molar-refractivity contribution in [3.63, 3.8) is 0 Å². The molecule has 1 saturated carbocycles. The zero-order chi connectivity index (χ0) is 12.7. The summed E-state index contributed by atoms with van der Waals surface area (Å²) in [5.41, 5.74) is 0. The molecule has 0 aliphatic heterocycles. The van der Waals surface area contributed by atoms with E-state index in [0.717, 1.165) is 18.9 Å². The summed E-state index contributed by atoms with van der Waals surface area (Å²) in [6.45, 7) is 0.810. The quantitative estimate of drug-likeness (QED) is 0.668. The fourth-order valence-corrected chi connectivity index (χ4v) is 2.30. The molecule has 0 heterocycles. The van der Waals surface area contributed by atoms with Crippen molar-refractivity contribution in [3.05, 3.63) is 0 Å². The van der Waals surface area contributed by atoms with Gasteiger partial charge in [0.25, 0.3) is 0 Å². The molecule has 1 amide bonds. The Morgan fingerprint density at radius 3 is 2.47 bits per heavy atom. The maximum Gasteiger partial charge on any atom is 0.306 e. The first-order valence-corrected chi connectivity index (χ1v) is 6.44. The van der Waals surface area contributed by atoms with Crippen LogP contribution < -0.4 is 0 Å². The van der Waals surface area contributed by atoms with Crippen LogP contribution in [-0.2, 0) is 14.3 Å². The molecule has 1 fully saturated rings. The molecule has 0 spiro atoms. The smallest absolute Gasteiger partial charge is 0.306 e. The second kappa shape index (κ2) is 7.30. The number of rotatable bonds is 6. The average Bonchev–Trinajstić information content (AvgIpc) is 2.85. The predicted octanol–water partition coefficient (Wildman–Crippen LogP) is 1.98. The molecule has 0 N–H and O–H groups in total. The molecule has 1 rings (SSSR count). The summed E-state index contributed by atoms with van der Waals surface area (Å²) < 4.78 is 4.51. The third-order valence-corrected chi connectivity index (χ3v) is 3.54. The van der Waals surface area contributed by atoms with Gasteiger partial charge in [-0.1, -0.05) is 25.7 Å². The minimum atomic E-state index is -0.317. The van der Waals surface area contributed by atoms with Crippen LogP contribution in [0.4, 0.5) is 0 Å². The molecule has 0 radical (unpaired) electrons. The predicted molar refractivity (Wildman–Crippen MR) is 65.5 cm³/mol. The number of ether oxygens (including phenoxy) is 1. The minimum Gasteiger partial charge on any atom is -0.469 e. The monoisotopic (exact) mass is 241 g/mol. The summed E-state index contributed by atoms with van der Waals surface area (Å²) in [7, 11) is 3.16. The molecule has 0 aromatic rings. The van der Waals surface area contributed by atoms with Crippen LogP contribution in [0.25, 0.3) is 0 Å². The normalized spacial score (nSPS) is 15.9. The lowest BCUT2D eigenvalue weighted by atomic mass is 10.0. The number of nitrogens with zero attached hydrogens (tertiary/aromatic N) is 1. The maximum absolute atomic E-state index is 11.7. The van der Waals surface area contributed by atoms with E-state index in [4.69, 9.17) is 0 Å². The number of carbonyl (C=O) groups excluding carboxylic acids is 2. The van der Waals surface area contributed by atoms with Crippen LogP contribution in [0.15, 0.2) is 0 Å². The molecule has 4 nitrogen and oxygen atoms in total. The first-order valence-electron chi connectivity index (χ1n) is 6.44. The Kier molecular flexibility index (Phi) is 6.01. The lowest BCUT2D eigenvalue weighted by Gasteiger charge is -2.19. The van der Waals surface area contributed by atoms with E-state index in [2.05, 4.69) is 4.74 Å². The molecule has 0 saturated heterocycles. The van der Waals surface area contributed by atoms with E-state index in [9.17, 15) is 9.59 Å². The maximum atomic E-state index is 11.7. The van der Waals surface area contributed by atoms with E-state index in [-0.39, 0.29) is 24.7 Å². The highest BCUT2D eigenvalue weighted by atomic mass is 16.5. The summed E-state index contributed by atoms with van der Waals surface area (Å²) in [5, 5.41) is 0. The van der Waals surface area contributed by atoms with Crippen LogP contribution in [0, 0.1) is 5.92 Å². The number of carbonyl (C=O) groups is 2. The van der Waals surface area contributed by atoms with Crippen molar-refractivity contribution in [2.75, 3.05) is 20.7 Å². The first-order chi connectivity index (χ1) is 8.13. The molecule has 0 unspecified atom stereocenters. The highest BCUT2D eigenvalue weighted by molar-refractivity contribution is 5.81. The highest BCUT2D eigenvalue weighted by Crippen LogP contribution is 2.27. The third kappa shape index (κ3) is 5.20. The summed E-state index contributed by atoms with van der Waals surface area (Å²) in [4.78, 5) is 24.3. The van der Waals surface area contributed by atoms with Crippen molar-refractivity contribution in [1.82, 2.24) is 4.90 Å². The van der Waals surface area contributed by atoms with Crippen LogP contribution in [-0.4, -0.2) is 37.5 Å². The van der Waals surface area contributed by atoms with E-state index in [1.807, 2.05) is 7.05 Å². The van der Waals surface area contributed by atoms with E-state index < -0.39 is 0 Å². The molecule has 17 heavy (non-hydrogen) atoms. The Morgan fingerprint density at radius 1 is 1.24 bits per heavy atom. The van der Waals surface area contributed by atoms with E-state index >= 15 is 0 Å². The van der Waals surface area contributed by atoms with Crippen LogP contribution >= 0.6 is 0 Å². The summed E-state index contributed by atoms with van der Waals surface area (Å²) in [6, 6.07) is 0. The first kappa shape index (κ1) is 14.0. The van der Waals surface area contributed by atoms with Crippen LogP contribution in [0.2, 0.25) is 0 Å². The van der Waals surface area contributed by atoms with Crippen LogP contribution in [0.3, 0.4) is 0 Å². The van der Waals surface area contributed by atoms with E-state index in [1.54, 1.807) is 4.90 Å². The van der Waals surface area contributed by atoms with E-state index in [1.165, 1.54) is 32.8 Å². The van der Waals surface area contributed by atoms with Crippen LogP contribution in [0.1, 0.15) is 44.9 Å². The van der Waals surface area contributed by atoms with Gasteiger partial charge in [0.15, 0.2) is 0 Å². The highest BCUT2D eigenvalue weighted by Gasteiger charge is 2.17. The molecule has 4 heteroatoms. The number of hydrogen-bond donors (Lipinski definition) is 0. The number of methoxy groups -OCH3 is 1. The van der Waals surface area contributed by atoms with Gasteiger partial charge >= 0.3 is 5.97 Å². The van der Waals surface area contributed by atoms with Gasteiger partial charge in [0.1, 0.15) is 0 Å². The van der Waals surface area contributed by atoms with Gasteiger partial charge in [0.2, 0.25) is 5.91 Å². The Hall–Kier alpha value is -1.06. The Morgan fingerprint density at radius 2 is 1.88 bits per heavy atom. The second-order valence-corrected chi connectivity index (χ2v) is 4.83. The third-order valence-electron chi connectivity index (χ3n) is 3.54. The van der Waals surface area contributed by atoms with Gasteiger partial charge in [-0.3, -0.25) is 9.59 Å². The second-order valence-electron chi connectivity index (χ2n) is 4.83. The number of esters is 1. The van der Waals surface area contributed by atoms with Gasteiger partial charge in [-0.05, 0) is 12.3 Å². The fraction of sp³-hybridized carbons (Fsp3) is 0.846. The van der Waals surface area contributed by atoms with Gasteiger partial charge in [0.05, 0.1) is 13.5 Å². The molecule has 98 valence electrons. The van der Waals surface area contributed by atoms with E-state index in [0.29, 0.717) is 0 Å². The molecule has 0 atom stereocenters. The molecular weight excluding hydrogens is 218 g/mol. The molecular formula is C13H23NO3. The van der Waals surface area contributed by atoms with Gasteiger partial charge in [0, 0.05) is 20.0 Å². The van der Waals surface area contributed by atoms with Crippen molar-refractivity contribution < 1.29 is 14.3 Å². The zero-order valence-corrected chi connectivity index (χ0v) is 10.9.